The molecule has 5 rings (SSSR count). The Morgan fingerprint density at radius 2 is 1.37 bits per heavy atom. The fourth-order valence-corrected chi connectivity index (χ4v) is 5.26. The van der Waals surface area contributed by atoms with Gasteiger partial charge in [-0.2, -0.15) is 0 Å². The zero-order valence-corrected chi connectivity index (χ0v) is 12.2. The standard InChI is InChI=1S/C16H27NO2/c1-16(2)18-8-14(9-19-16)17-15-12-4-10-3-11(6-12)7-13(15)5-10/h10-15,17H,3-9H2,1-2H3. The van der Waals surface area contributed by atoms with E-state index in [1.54, 1.807) is 0 Å². The lowest BCUT2D eigenvalue weighted by atomic mass is 9.54. The van der Waals surface area contributed by atoms with E-state index < -0.39 is 0 Å². The van der Waals surface area contributed by atoms with Gasteiger partial charge in [0.25, 0.3) is 0 Å². The molecule has 1 N–H and O–H groups in total. The van der Waals surface area contributed by atoms with Gasteiger partial charge in [-0.15, -0.1) is 0 Å². The zero-order chi connectivity index (χ0) is 13.0. The Morgan fingerprint density at radius 3 is 1.89 bits per heavy atom. The second-order valence-electron chi connectivity index (χ2n) is 7.84. The molecule has 4 aliphatic carbocycles. The van der Waals surface area contributed by atoms with Crippen molar-refractivity contribution in [1.82, 2.24) is 5.32 Å². The molecule has 1 aliphatic heterocycles. The lowest BCUT2D eigenvalue weighted by molar-refractivity contribution is -0.254. The first-order valence-electron chi connectivity index (χ1n) is 8.13. The molecule has 0 unspecified atom stereocenters. The summed E-state index contributed by atoms with van der Waals surface area (Å²) in [5.74, 6) is 3.59. The minimum absolute atomic E-state index is 0.387. The predicted molar refractivity (Wildman–Crippen MR) is 73.7 cm³/mol. The minimum atomic E-state index is -0.387. The minimum Gasteiger partial charge on any atom is -0.349 e. The van der Waals surface area contributed by atoms with Gasteiger partial charge in [-0.1, -0.05) is 0 Å². The third-order valence-corrected chi connectivity index (χ3v) is 5.92. The number of hydrogen-bond donors (Lipinski definition) is 1. The van der Waals surface area contributed by atoms with Crippen LogP contribution in [0.25, 0.3) is 0 Å². The van der Waals surface area contributed by atoms with Crippen molar-refractivity contribution in [2.24, 2.45) is 23.7 Å². The average Bonchev–Trinajstić information content (AvgIpc) is 2.35. The molecule has 0 aromatic carbocycles. The van der Waals surface area contributed by atoms with Crippen molar-refractivity contribution in [3.63, 3.8) is 0 Å². The normalized spacial score (nSPS) is 48.6. The van der Waals surface area contributed by atoms with E-state index in [1.807, 2.05) is 13.8 Å². The first kappa shape index (κ1) is 12.6. The molecule has 5 aliphatic rings. The summed E-state index contributed by atoms with van der Waals surface area (Å²) in [6, 6.07) is 1.14. The lowest BCUT2D eigenvalue weighted by Crippen LogP contribution is -2.60. The highest BCUT2D eigenvalue weighted by atomic mass is 16.7. The predicted octanol–water partition coefficient (Wildman–Crippen LogP) is 2.55. The smallest absolute Gasteiger partial charge is 0.162 e. The lowest BCUT2D eigenvalue weighted by Gasteiger charge is -2.55. The molecule has 3 nitrogen and oxygen atoms in total. The summed E-state index contributed by atoms with van der Waals surface area (Å²) >= 11 is 0. The highest BCUT2D eigenvalue weighted by molar-refractivity contribution is 5.02. The van der Waals surface area contributed by atoms with Crippen LogP contribution in [0, 0.1) is 23.7 Å². The summed E-state index contributed by atoms with van der Waals surface area (Å²) in [7, 11) is 0. The van der Waals surface area contributed by atoms with Crippen LogP contribution >= 0.6 is 0 Å². The monoisotopic (exact) mass is 265 g/mol. The topological polar surface area (TPSA) is 30.5 Å². The Morgan fingerprint density at radius 1 is 0.842 bits per heavy atom. The maximum atomic E-state index is 5.79. The Bertz CT molecular complexity index is 317. The fraction of sp³-hybridized carbons (Fsp3) is 1.00. The average molecular weight is 265 g/mol. The Hall–Kier alpha value is -0.120. The largest absolute Gasteiger partial charge is 0.349 e. The third-order valence-electron chi connectivity index (χ3n) is 5.92. The van der Waals surface area contributed by atoms with Crippen molar-refractivity contribution >= 4 is 0 Å². The molecule has 3 heteroatoms. The van der Waals surface area contributed by atoms with Crippen molar-refractivity contribution in [3.8, 4) is 0 Å². The second-order valence-corrected chi connectivity index (χ2v) is 7.84. The number of nitrogens with one attached hydrogen (secondary N) is 1. The molecule has 19 heavy (non-hydrogen) atoms. The van der Waals surface area contributed by atoms with Crippen LogP contribution in [0.3, 0.4) is 0 Å². The quantitative estimate of drug-likeness (QED) is 0.832. The molecular weight excluding hydrogens is 238 g/mol. The van der Waals surface area contributed by atoms with Gasteiger partial charge in [-0.25, -0.2) is 0 Å². The first-order chi connectivity index (χ1) is 9.09. The highest BCUT2D eigenvalue weighted by Crippen LogP contribution is 2.53. The van der Waals surface area contributed by atoms with Crippen molar-refractivity contribution in [1.29, 1.82) is 0 Å². The van der Waals surface area contributed by atoms with Gasteiger partial charge in [0.1, 0.15) is 0 Å². The van der Waals surface area contributed by atoms with Crippen LogP contribution < -0.4 is 5.32 Å². The Kier molecular flexibility index (Phi) is 2.95. The fourth-order valence-electron chi connectivity index (χ4n) is 5.26. The van der Waals surface area contributed by atoms with Crippen LogP contribution in [0.4, 0.5) is 0 Å². The van der Waals surface area contributed by atoms with E-state index in [1.165, 1.54) is 32.1 Å². The summed E-state index contributed by atoms with van der Waals surface area (Å²) in [5, 5.41) is 3.89. The van der Waals surface area contributed by atoms with Gasteiger partial charge < -0.3 is 14.8 Å². The van der Waals surface area contributed by atoms with Crippen LogP contribution in [0.15, 0.2) is 0 Å². The number of hydrogen-bond acceptors (Lipinski definition) is 3. The van der Waals surface area contributed by atoms with Gasteiger partial charge >= 0.3 is 0 Å². The van der Waals surface area contributed by atoms with Gasteiger partial charge in [0.2, 0.25) is 0 Å². The summed E-state index contributed by atoms with van der Waals surface area (Å²) in [4.78, 5) is 0. The van der Waals surface area contributed by atoms with Crippen molar-refractivity contribution < 1.29 is 9.47 Å². The summed E-state index contributed by atoms with van der Waals surface area (Å²) < 4.78 is 11.6. The van der Waals surface area contributed by atoms with Crippen LogP contribution in [0.5, 0.6) is 0 Å². The van der Waals surface area contributed by atoms with Gasteiger partial charge in [-0.3, -0.25) is 0 Å². The van der Waals surface area contributed by atoms with Crippen molar-refractivity contribution in [2.75, 3.05) is 13.2 Å². The highest BCUT2D eigenvalue weighted by Gasteiger charge is 2.48. The molecule has 0 atom stereocenters. The van der Waals surface area contributed by atoms with E-state index in [4.69, 9.17) is 9.47 Å². The number of rotatable bonds is 2. The molecule has 0 radical (unpaired) electrons. The van der Waals surface area contributed by atoms with Gasteiger partial charge in [0.05, 0.1) is 19.3 Å². The van der Waals surface area contributed by atoms with Crippen LogP contribution in [-0.4, -0.2) is 31.1 Å². The van der Waals surface area contributed by atoms with Crippen LogP contribution in [0.1, 0.15) is 46.0 Å². The summed E-state index contributed by atoms with van der Waals surface area (Å²) in [6.07, 6.45) is 7.44. The molecule has 4 bridgehead atoms. The molecule has 0 amide bonds. The van der Waals surface area contributed by atoms with E-state index >= 15 is 0 Å². The van der Waals surface area contributed by atoms with Crippen molar-refractivity contribution in [2.45, 2.75) is 63.8 Å². The van der Waals surface area contributed by atoms with Gasteiger partial charge in [0, 0.05) is 6.04 Å². The second kappa shape index (κ2) is 4.44. The third kappa shape index (κ3) is 2.34. The SMILES string of the molecule is CC1(C)OCC(NC2C3CC4CC(C3)CC2C4)CO1. The van der Waals surface area contributed by atoms with E-state index in [0.717, 1.165) is 42.9 Å². The van der Waals surface area contributed by atoms with Crippen LogP contribution in [-0.2, 0) is 9.47 Å². The number of ether oxygens (including phenoxy) is 2. The molecule has 4 saturated carbocycles. The molecular formula is C16H27NO2. The van der Waals surface area contributed by atoms with Crippen molar-refractivity contribution in [3.05, 3.63) is 0 Å². The van der Waals surface area contributed by atoms with E-state index in [0.29, 0.717) is 6.04 Å². The summed E-state index contributed by atoms with van der Waals surface area (Å²) in [6.45, 7) is 5.61. The van der Waals surface area contributed by atoms with E-state index in [9.17, 15) is 0 Å². The molecule has 1 saturated heterocycles. The Labute approximate surface area is 116 Å². The molecule has 0 aromatic rings. The van der Waals surface area contributed by atoms with Gasteiger partial charge in [0.15, 0.2) is 5.79 Å². The molecule has 5 fully saturated rings. The first-order valence-corrected chi connectivity index (χ1v) is 8.13. The Balaban J connectivity index is 1.38. The maximum Gasteiger partial charge on any atom is 0.162 e. The van der Waals surface area contributed by atoms with Crippen LogP contribution in [0.2, 0.25) is 0 Å². The van der Waals surface area contributed by atoms with E-state index in [-0.39, 0.29) is 5.79 Å². The molecule has 0 spiro atoms. The zero-order valence-electron chi connectivity index (χ0n) is 12.2. The molecule has 0 aromatic heterocycles. The maximum absolute atomic E-state index is 5.79. The molecule has 108 valence electrons. The van der Waals surface area contributed by atoms with E-state index in [2.05, 4.69) is 5.32 Å². The van der Waals surface area contributed by atoms with Gasteiger partial charge in [-0.05, 0) is 69.6 Å². The summed E-state index contributed by atoms with van der Waals surface area (Å²) in [5.41, 5.74) is 0. The molecule has 1 heterocycles.